The van der Waals surface area contributed by atoms with Gasteiger partial charge in [-0.2, -0.15) is 0 Å². The van der Waals surface area contributed by atoms with Gasteiger partial charge in [-0.1, -0.05) is 97.9 Å². The number of allylic oxidation sites excluding steroid dienone is 5. The molecule has 0 unspecified atom stereocenters. The smallest absolute Gasteiger partial charge is 0.341 e. The van der Waals surface area contributed by atoms with E-state index in [0.717, 1.165) is 40.2 Å². The summed E-state index contributed by atoms with van der Waals surface area (Å²) >= 11 is 0. The number of carboxylic acids is 1. The second kappa shape index (κ2) is 21.9. The molecule has 2 N–H and O–H groups in total. The minimum absolute atomic E-state index is 0.221. The highest BCUT2D eigenvalue weighted by atomic mass is 16.4. The van der Waals surface area contributed by atoms with E-state index in [0.29, 0.717) is 6.54 Å². The van der Waals surface area contributed by atoms with Crippen LogP contribution in [0.1, 0.15) is 86.8 Å². The van der Waals surface area contributed by atoms with E-state index in [2.05, 4.69) is 38.4 Å². The molecule has 1 aromatic rings. The Kier molecular flexibility index (Phi) is 23.0. The van der Waals surface area contributed by atoms with Crippen molar-refractivity contribution in [2.45, 2.75) is 82.6 Å². The van der Waals surface area contributed by atoms with E-state index >= 15 is 0 Å². The predicted octanol–water partition coefficient (Wildman–Crippen LogP) is 8.99. The normalized spacial score (nSPS) is 12.2. The fourth-order valence-electron chi connectivity index (χ4n) is 2.42. The molecule has 0 aliphatic heterocycles. The van der Waals surface area contributed by atoms with Gasteiger partial charge in [0.25, 0.3) is 0 Å². The van der Waals surface area contributed by atoms with Crippen LogP contribution in [0.2, 0.25) is 0 Å². The molecule has 0 aliphatic carbocycles. The van der Waals surface area contributed by atoms with Crippen LogP contribution in [-0.4, -0.2) is 28.9 Å². The molecule has 4 heteroatoms. The SMILES string of the molecule is C=C/C(=C(C)/C(C)=C/C(O)=C(\C=NCCC)C(=O)O)c1cccc(C)c1.CC.CC.CC(C)C. The number of rotatable bonds is 8. The molecule has 1 aromatic carbocycles. The van der Waals surface area contributed by atoms with Crippen molar-refractivity contribution in [3.8, 4) is 0 Å². The van der Waals surface area contributed by atoms with Gasteiger partial charge in [0.2, 0.25) is 0 Å². The summed E-state index contributed by atoms with van der Waals surface area (Å²) in [5.74, 6) is -0.697. The molecule has 4 nitrogen and oxygen atoms in total. The summed E-state index contributed by atoms with van der Waals surface area (Å²) in [6, 6.07) is 8.05. The molecule has 0 saturated carbocycles. The van der Waals surface area contributed by atoms with Crippen molar-refractivity contribution >= 4 is 17.8 Å². The number of benzene rings is 1. The van der Waals surface area contributed by atoms with Gasteiger partial charge in [-0.3, -0.25) is 4.99 Å². The molecule has 0 spiro atoms. The van der Waals surface area contributed by atoms with Gasteiger partial charge in [0.05, 0.1) is 0 Å². The summed E-state index contributed by atoms with van der Waals surface area (Å²) in [5.41, 5.74) is 4.54. The maximum absolute atomic E-state index is 11.4. The van der Waals surface area contributed by atoms with Gasteiger partial charge in [-0.15, -0.1) is 0 Å². The third-order valence-electron chi connectivity index (χ3n) is 3.96. The Labute approximate surface area is 209 Å². The molecule has 0 heterocycles. The van der Waals surface area contributed by atoms with Crippen LogP contribution in [0.15, 0.2) is 70.5 Å². The lowest BCUT2D eigenvalue weighted by Crippen LogP contribution is -2.06. The summed E-state index contributed by atoms with van der Waals surface area (Å²) in [6.07, 6.45) is 5.23. The zero-order valence-corrected chi connectivity index (χ0v) is 23.5. The number of aliphatic carboxylic acids is 1. The molecule has 0 aromatic heterocycles. The lowest BCUT2D eigenvalue weighted by Gasteiger charge is -2.11. The zero-order chi connectivity index (χ0) is 27.3. The van der Waals surface area contributed by atoms with Gasteiger partial charge in [0, 0.05) is 12.8 Å². The van der Waals surface area contributed by atoms with Crippen molar-refractivity contribution in [3.63, 3.8) is 0 Å². The Balaban J connectivity index is -0.00000106. The van der Waals surface area contributed by atoms with Gasteiger partial charge in [0.15, 0.2) is 0 Å². The number of hydrogen-bond acceptors (Lipinski definition) is 3. The van der Waals surface area contributed by atoms with Gasteiger partial charge in [-0.25, -0.2) is 4.79 Å². The van der Waals surface area contributed by atoms with E-state index in [4.69, 9.17) is 0 Å². The van der Waals surface area contributed by atoms with E-state index in [1.807, 2.05) is 73.6 Å². The number of aryl methyl sites for hydroxylation is 1. The number of aliphatic imine (C=N–C) groups is 1. The zero-order valence-electron chi connectivity index (χ0n) is 23.5. The van der Waals surface area contributed by atoms with E-state index in [-0.39, 0.29) is 11.3 Å². The van der Waals surface area contributed by atoms with Crippen LogP contribution in [0.3, 0.4) is 0 Å². The molecule has 34 heavy (non-hydrogen) atoms. The quantitative estimate of drug-likeness (QED) is 0.172. The lowest BCUT2D eigenvalue weighted by atomic mass is 9.95. The first-order valence-electron chi connectivity index (χ1n) is 12.3. The highest BCUT2D eigenvalue weighted by Gasteiger charge is 2.12. The Hall–Kier alpha value is -2.88. The monoisotopic (exact) mass is 471 g/mol. The summed E-state index contributed by atoms with van der Waals surface area (Å²) in [6.45, 7) is 26.6. The lowest BCUT2D eigenvalue weighted by molar-refractivity contribution is -0.132. The van der Waals surface area contributed by atoms with Crippen LogP contribution in [0, 0.1) is 12.8 Å². The standard InChI is InChI=1S/C22H27NO3.C4H10.2C2H6/c1-6-11-23-14-20(22(25)26)21(24)13-16(4)17(5)19(7-2)18-10-8-9-15(3)12-18;1-4(2)3;2*1-2/h7-10,12-14,24H,2,6,11H2,1,3-5H3,(H,25,26);4H,1-3H3;2*1-2H3/b16-13+,19-17-,21-20-,23-14?;;;. The molecule has 0 amide bonds. The van der Waals surface area contributed by atoms with Crippen LogP contribution >= 0.6 is 0 Å². The molecule has 0 aliphatic rings. The summed E-state index contributed by atoms with van der Waals surface area (Å²) in [7, 11) is 0. The first-order chi connectivity index (χ1) is 16.0. The van der Waals surface area contributed by atoms with Crippen molar-refractivity contribution in [2.24, 2.45) is 10.9 Å². The molecule has 0 bridgehead atoms. The fraction of sp³-hybridized carbons (Fsp3) is 0.467. The average molecular weight is 472 g/mol. The van der Waals surface area contributed by atoms with Gasteiger partial charge in [-0.05, 0) is 61.5 Å². The summed E-state index contributed by atoms with van der Waals surface area (Å²) in [5, 5.41) is 19.5. The van der Waals surface area contributed by atoms with Crippen LogP contribution < -0.4 is 0 Å². The van der Waals surface area contributed by atoms with E-state index in [1.54, 1.807) is 6.08 Å². The second-order valence-corrected chi connectivity index (χ2v) is 7.81. The van der Waals surface area contributed by atoms with Crippen molar-refractivity contribution in [3.05, 3.63) is 76.6 Å². The number of carboxylic acid groups (broad SMARTS) is 1. The molecular formula is C30H49NO3. The number of aliphatic hydroxyl groups excluding tert-OH is 1. The number of aliphatic hydroxyl groups is 1. The maximum atomic E-state index is 11.4. The van der Waals surface area contributed by atoms with E-state index < -0.39 is 5.97 Å². The minimum Gasteiger partial charge on any atom is -0.507 e. The molecule has 0 radical (unpaired) electrons. The third-order valence-corrected chi connectivity index (χ3v) is 3.96. The molecular weight excluding hydrogens is 422 g/mol. The van der Waals surface area contributed by atoms with Crippen molar-refractivity contribution in [1.82, 2.24) is 0 Å². The van der Waals surface area contributed by atoms with Crippen molar-refractivity contribution < 1.29 is 15.0 Å². The van der Waals surface area contributed by atoms with Crippen LogP contribution in [0.4, 0.5) is 0 Å². The number of nitrogens with zero attached hydrogens (tertiary/aromatic N) is 1. The molecule has 0 saturated heterocycles. The molecule has 1 rings (SSSR count). The minimum atomic E-state index is -1.21. The Morgan fingerprint density at radius 2 is 1.62 bits per heavy atom. The van der Waals surface area contributed by atoms with Crippen LogP contribution in [0.25, 0.3) is 5.57 Å². The number of carbonyl (C=O) groups is 1. The Morgan fingerprint density at radius 1 is 1.09 bits per heavy atom. The fourth-order valence-corrected chi connectivity index (χ4v) is 2.42. The predicted molar refractivity (Wildman–Crippen MR) is 152 cm³/mol. The largest absolute Gasteiger partial charge is 0.507 e. The van der Waals surface area contributed by atoms with Crippen molar-refractivity contribution in [1.29, 1.82) is 0 Å². The van der Waals surface area contributed by atoms with Crippen molar-refractivity contribution in [2.75, 3.05) is 6.54 Å². The Bertz CT molecular complexity index is 838. The van der Waals surface area contributed by atoms with Crippen LogP contribution in [0.5, 0.6) is 0 Å². The van der Waals surface area contributed by atoms with Gasteiger partial charge < -0.3 is 10.2 Å². The van der Waals surface area contributed by atoms with Crippen LogP contribution in [-0.2, 0) is 4.79 Å². The Morgan fingerprint density at radius 3 is 2.03 bits per heavy atom. The maximum Gasteiger partial charge on any atom is 0.341 e. The average Bonchev–Trinajstić information content (AvgIpc) is 2.79. The van der Waals surface area contributed by atoms with Gasteiger partial charge >= 0.3 is 5.97 Å². The molecule has 192 valence electrons. The summed E-state index contributed by atoms with van der Waals surface area (Å²) in [4.78, 5) is 15.4. The highest BCUT2D eigenvalue weighted by Crippen LogP contribution is 2.26. The summed E-state index contributed by atoms with van der Waals surface area (Å²) < 4.78 is 0. The first-order valence-corrected chi connectivity index (χ1v) is 12.3. The number of hydrogen-bond donors (Lipinski definition) is 2. The molecule has 0 atom stereocenters. The molecule has 0 fully saturated rings. The second-order valence-electron chi connectivity index (χ2n) is 7.81. The van der Waals surface area contributed by atoms with E-state index in [9.17, 15) is 15.0 Å². The topological polar surface area (TPSA) is 69.9 Å². The first kappa shape index (κ1) is 35.7. The van der Waals surface area contributed by atoms with E-state index in [1.165, 1.54) is 12.3 Å². The van der Waals surface area contributed by atoms with Gasteiger partial charge in [0.1, 0.15) is 11.3 Å². The third kappa shape index (κ3) is 15.8. The highest BCUT2D eigenvalue weighted by molar-refractivity contribution is 6.09.